The second-order valence-corrected chi connectivity index (χ2v) is 7.64. The normalized spacial score (nSPS) is 15.0. The number of nitrogens with one attached hydrogen (secondary N) is 2. The standard InChI is InChI=1S/C20H21FN4OS.HI/c1-22-19(23-11-16-12-26-18(25-16)17-6-3-9-27-17)24-13-20(7-8-20)14-4-2-5-15(21)10-14;/h2-6,9-10,12H,7-8,11,13H2,1H3,(H2,22,23,24);1H. The van der Waals surface area contributed by atoms with E-state index in [2.05, 4.69) is 20.6 Å². The summed E-state index contributed by atoms with van der Waals surface area (Å²) >= 11 is 1.60. The number of hydrogen-bond donors (Lipinski definition) is 2. The fourth-order valence-electron chi connectivity index (χ4n) is 3.09. The third kappa shape index (κ3) is 4.72. The van der Waals surface area contributed by atoms with E-state index >= 15 is 0 Å². The first kappa shape index (κ1) is 20.8. The van der Waals surface area contributed by atoms with Crippen LogP contribution in [0.3, 0.4) is 0 Å². The molecule has 1 saturated carbocycles. The van der Waals surface area contributed by atoms with E-state index < -0.39 is 0 Å². The van der Waals surface area contributed by atoms with Gasteiger partial charge in [-0.3, -0.25) is 4.99 Å². The number of rotatable bonds is 6. The highest BCUT2D eigenvalue weighted by molar-refractivity contribution is 14.0. The number of aromatic nitrogens is 1. The van der Waals surface area contributed by atoms with E-state index in [9.17, 15) is 4.39 Å². The minimum atomic E-state index is -0.186. The molecule has 4 rings (SSSR count). The second kappa shape index (κ2) is 9.04. The number of guanidine groups is 1. The number of halogens is 2. The van der Waals surface area contributed by atoms with E-state index in [1.54, 1.807) is 36.8 Å². The maximum Gasteiger partial charge on any atom is 0.236 e. The van der Waals surface area contributed by atoms with Gasteiger partial charge in [0.25, 0.3) is 0 Å². The molecule has 0 aliphatic heterocycles. The summed E-state index contributed by atoms with van der Waals surface area (Å²) in [7, 11) is 1.73. The zero-order chi connectivity index (χ0) is 18.7. The molecule has 2 N–H and O–H groups in total. The average molecular weight is 512 g/mol. The van der Waals surface area contributed by atoms with Crippen LogP contribution in [-0.2, 0) is 12.0 Å². The highest BCUT2D eigenvalue weighted by Gasteiger charge is 2.44. The molecule has 0 spiro atoms. The molecule has 1 aliphatic rings. The molecule has 2 aromatic heterocycles. The molecule has 5 nitrogen and oxygen atoms in total. The Morgan fingerprint density at radius 3 is 2.82 bits per heavy atom. The Labute approximate surface area is 184 Å². The van der Waals surface area contributed by atoms with Gasteiger partial charge in [0.2, 0.25) is 5.89 Å². The number of oxazole rings is 1. The van der Waals surface area contributed by atoms with Crippen molar-refractivity contribution in [2.45, 2.75) is 24.8 Å². The van der Waals surface area contributed by atoms with Gasteiger partial charge < -0.3 is 15.1 Å². The van der Waals surface area contributed by atoms with Gasteiger partial charge in [-0.1, -0.05) is 18.2 Å². The number of benzene rings is 1. The first-order chi connectivity index (χ1) is 13.2. The van der Waals surface area contributed by atoms with Crippen LogP contribution >= 0.6 is 35.3 Å². The molecule has 148 valence electrons. The lowest BCUT2D eigenvalue weighted by Gasteiger charge is -2.19. The van der Waals surface area contributed by atoms with Gasteiger partial charge in [0.05, 0.1) is 17.1 Å². The molecule has 0 atom stereocenters. The maximum absolute atomic E-state index is 13.5. The van der Waals surface area contributed by atoms with Crippen molar-refractivity contribution in [3.05, 3.63) is 65.1 Å². The largest absolute Gasteiger partial charge is 0.443 e. The van der Waals surface area contributed by atoms with Crippen molar-refractivity contribution in [2.24, 2.45) is 4.99 Å². The Hall–Kier alpha value is -1.94. The van der Waals surface area contributed by atoms with Crippen molar-refractivity contribution in [1.82, 2.24) is 15.6 Å². The van der Waals surface area contributed by atoms with Gasteiger partial charge in [-0.2, -0.15) is 0 Å². The number of nitrogens with zero attached hydrogens (tertiary/aromatic N) is 2. The third-order valence-corrected chi connectivity index (χ3v) is 5.69. The van der Waals surface area contributed by atoms with Crippen LogP contribution in [0.2, 0.25) is 0 Å². The summed E-state index contributed by atoms with van der Waals surface area (Å²) in [4.78, 5) is 9.77. The molecule has 0 radical (unpaired) electrons. The molecule has 2 heterocycles. The van der Waals surface area contributed by atoms with E-state index in [-0.39, 0.29) is 35.2 Å². The molecule has 1 aliphatic carbocycles. The Balaban J connectivity index is 0.00000225. The van der Waals surface area contributed by atoms with Gasteiger partial charge in [-0.15, -0.1) is 35.3 Å². The van der Waals surface area contributed by atoms with Gasteiger partial charge in [-0.05, 0) is 42.0 Å². The SMILES string of the molecule is CN=C(NCc1coc(-c2cccs2)n1)NCC1(c2cccc(F)c2)CC1.I. The quantitative estimate of drug-likeness (QED) is 0.289. The summed E-state index contributed by atoms with van der Waals surface area (Å²) in [5, 5.41) is 8.60. The summed E-state index contributed by atoms with van der Waals surface area (Å²) in [5.74, 6) is 1.14. The van der Waals surface area contributed by atoms with Crippen LogP contribution in [0.5, 0.6) is 0 Å². The number of thiophene rings is 1. The Kier molecular flexibility index (Phi) is 6.71. The van der Waals surface area contributed by atoms with Crippen molar-refractivity contribution in [1.29, 1.82) is 0 Å². The Morgan fingerprint density at radius 2 is 2.14 bits per heavy atom. The van der Waals surface area contributed by atoms with Crippen molar-refractivity contribution in [3.8, 4) is 10.8 Å². The maximum atomic E-state index is 13.5. The van der Waals surface area contributed by atoms with E-state index in [1.807, 2.05) is 23.6 Å². The molecule has 0 unspecified atom stereocenters. The van der Waals surface area contributed by atoms with E-state index in [0.29, 0.717) is 18.4 Å². The predicted molar refractivity (Wildman–Crippen MR) is 121 cm³/mol. The van der Waals surface area contributed by atoms with Crippen LogP contribution in [0.1, 0.15) is 24.1 Å². The molecule has 8 heteroatoms. The Bertz CT molecular complexity index is 937. The predicted octanol–water partition coefficient (Wildman–Crippen LogP) is 4.56. The molecule has 1 aromatic carbocycles. The molecule has 0 saturated heterocycles. The zero-order valence-corrected chi connectivity index (χ0v) is 18.6. The average Bonchev–Trinajstić information content (AvgIpc) is 3.08. The minimum absolute atomic E-state index is 0. The van der Waals surface area contributed by atoms with Gasteiger partial charge in [0.1, 0.15) is 12.1 Å². The fraction of sp³-hybridized carbons (Fsp3) is 0.300. The smallest absolute Gasteiger partial charge is 0.236 e. The molecule has 28 heavy (non-hydrogen) atoms. The first-order valence-electron chi connectivity index (χ1n) is 8.87. The lowest BCUT2D eigenvalue weighted by molar-refractivity contribution is 0.573. The van der Waals surface area contributed by atoms with Crippen LogP contribution in [0.15, 0.2) is 57.5 Å². The third-order valence-electron chi connectivity index (χ3n) is 4.83. The topological polar surface area (TPSA) is 62.5 Å². The van der Waals surface area contributed by atoms with Crippen molar-refractivity contribution in [3.63, 3.8) is 0 Å². The highest BCUT2D eigenvalue weighted by Crippen LogP contribution is 2.47. The highest BCUT2D eigenvalue weighted by atomic mass is 127. The number of aliphatic imine (C=N–C) groups is 1. The molecular formula is C20H22FIN4OS. The monoisotopic (exact) mass is 512 g/mol. The summed E-state index contributed by atoms with van der Waals surface area (Å²) in [6.45, 7) is 1.23. The molecule has 3 aromatic rings. The number of hydrogen-bond acceptors (Lipinski definition) is 4. The van der Waals surface area contributed by atoms with Gasteiger partial charge in [0.15, 0.2) is 5.96 Å². The first-order valence-corrected chi connectivity index (χ1v) is 9.75. The lowest BCUT2D eigenvalue weighted by atomic mass is 9.96. The zero-order valence-electron chi connectivity index (χ0n) is 15.4. The van der Waals surface area contributed by atoms with Gasteiger partial charge >= 0.3 is 0 Å². The molecular weight excluding hydrogens is 490 g/mol. The van der Waals surface area contributed by atoms with Crippen molar-refractivity contribution < 1.29 is 8.81 Å². The van der Waals surface area contributed by atoms with Crippen LogP contribution in [0.4, 0.5) is 4.39 Å². The summed E-state index contributed by atoms with van der Waals surface area (Å²) in [6, 6.07) is 10.8. The molecule has 0 bridgehead atoms. The fourth-order valence-corrected chi connectivity index (χ4v) is 3.74. The molecule has 1 fully saturated rings. The second-order valence-electron chi connectivity index (χ2n) is 6.69. The summed E-state index contributed by atoms with van der Waals surface area (Å²) < 4.78 is 19.1. The van der Waals surface area contributed by atoms with E-state index in [4.69, 9.17) is 4.42 Å². The van der Waals surface area contributed by atoms with Crippen LogP contribution < -0.4 is 10.6 Å². The van der Waals surface area contributed by atoms with Gasteiger partial charge in [-0.25, -0.2) is 9.37 Å². The van der Waals surface area contributed by atoms with Crippen molar-refractivity contribution >= 4 is 41.3 Å². The van der Waals surface area contributed by atoms with E-state index in [1.165, 1.54) is 6.07 Å². The summed E-state index contributed by atoms with van der Waals surface area (Å²) in [6.07, 6.45) is 3.76. The van der Waals surface area contributed by atoms with Crippen LogP contribution in [0.25, 0.3) is 10.8 Å². The Morgan fingerprint density at radius 1 is 1.29 bits per heavy atom. The molecule has 0 amide bonds. The van der Waals surface area contributed by atoms with Crippen LogP contribution in [-0.4, -0.2) is 24.5 Å². The van der Waals surface area contributed by atoms with Crippen molar-refractivity contribution in [2.75, 3.05) is 13.6 Å². The van der Waals surface area contributed by atoms with E-state index in [0.717, 1.165) is 35.5 Å². The van der Waals surface area contributed by atoms with Crippen LogP contribution in [0, 0.1) is 5.82 Å². The minimum Gasteiger partial charge on any atom is -0.443 e. The lowest BCUT2D eigenvalue weighted by Crippen LogP contribution is -2.41. The van der Waals surface area contributed by atoms with Gasteiger partial charge in [0, 0.05) is 19.0 Å². The summed E-state index contributed by atoms with van der Waals surface area (Å²) in [5.41, 5.74) is 1.86.